The zero-order valence-corrected chi connectivity index (χ0v) is 13.9. The summed E-state index contributed by atoms with van der Waals surface area (Å²) in [5.41, 5.74) is 3.65. The summed E-state index contributed by atoms with van der Waals surface area (Å²) in [5, 5.41) is 31.0. The molecule has 0 unspecified atom stereocenters. The molecule has 0 radical (unpaired) electrons. The molecular weight excluding hydrogens is 280 g/mol. The predicted molar refractivity (Wildman–Crippen MR) is 86.1 cm³/mol. The van der Waals surface area contributed by atoms with Gasteiger partial charge in [-0.3, -0.25) is 10.2 Å². The first kappa shape index (κ1) is 18.4. The van der Waals surface area contributed by atoms with Gasteiger partial charge in [-0.1, -0.05) is 27.7 Å². The quantitative estimate of drug-likeness (QED) is 0.657. The van der Waals surface area contributed by atoms with E-state index in [0.29, 0.717) is 11.8 Å². The topological polar surface area (TPSA) is 97.8 Å². The Hall–Kier alpha value is -1.66. The monoisotopic (exact) mass is 308 g/mol. The molecule has 0 spiro atoms. The molecule has 0 saturated carbocycles. The van der Waals surface area contributed by atoms with Crippen molar-refractivity contribution in [3.8, 4) is 0 Å². The Morgan fingerprint density at radius 2 is 1.18 bits per heavy atom. The summed E-state index contributed by atoms with van der Waals surface area (Å²) >= 11 is 0. The molecule has 0 aliphatic carbocycles. The van der Waals surface area contributed by atoms with E-state index in [1.807, 2.05) is 12.1 Å². The van der Waals surface area contributed by atoms with Crippen molar-refractivity contribution in [3.05, 3.63) is 34.9 Å². The van der Waals surface area contributed by atoms with Crippen molar-refractivity contribution in [2.45, 2.75) is 53.8 Å². The lowest BCUT2D eigenvalue weighted by Gasteiger charge is -1.97. The second-order valence-electron chi connectivity index (χ2n) is 6.28. The number of H-pyrrole nitrogens is 2. The summed E-state index contributed by atoms with van der Waals surface area (Å²) < 4.78 is 0. The lowest BCUT2D eigenvalue weighted by molar-refractivity contribution is 0.276. The number of hydrogen-bond acceptors (Lipinski definition) is 4. The average Bonchev–Trinajstić information content (AvgIpc) is 3.07. The van der Waals surface area contributed by atoms with Crippen LogP contribution in [0.4, 0.5) is 0 Å². The zero-order chi connectivity index (χ0) is 16.5. The molecule has 0 aliphatic rings. The summed E-state index contributed by atoms with van der Waals surface area (Å²) in [6.45, 7) is 8.68. The molecule has 4 N–H and O–H groups in total. The van der Waals surface area contributed by atoms with Gasteiger partial charge < -0.3 is 10.2 Å². The molecule has 0 bridgehead atoms. The SMILES string of the molecule is CC(C)Cc1cc(CO)[nH]n1.CC(C)Cc1cc(CO)[nH]n1. The van der Waals surface area contributed by atoms with Gasteiger partial charge in [-0.25, -0.2) is 0 Å². The van der Waals surface area contributed by atoms with E-state index in [1.165, 1.54) is 0 Å². The number of aliphatic hydroxyl groups is 2. The first-order chi connectivity index (χ1) is 10.4. The second-order valence-corrected chi connectivity index (χ2v) is 6.28. The molecule has 6 nitrogen and oxygen atoms in total. The van der Waals surface area contributed by atoms with Crippen LogP contribution < -0.4 is 0 Å². The van der Waals surface area contributed by atoms with Crippen LogP contribution in [0.25, 0.3) is 0 Å². The minimum Gasteiger partial charge on any atom is -0.390 e. The van der Waals surface area contributed by atoms with Crippen LogP contribution in [0.3, 0.4) is 0 Å². The summed E-state index contributed by atoms with van der Waals surface area (Å²) in [6.07, 6.45) is 1.94. The highest BCUT2D eigenvalue weighted by atomic mass is 16.3. The average molecular weight is 308 g/mol. The van der Waals surface area contributed by atoms with E-state index in [2.05, 4.69) is 48.1 Å². The van der Waals surface area contributed by atoms with Crippen molar-refractivity contribution >= 4 is 0 Å². The largest absolute Gasteiger partial charge is 0.390 e. The number of aliphatic hydroxyl groups excluding tert-OH is 2. The lowest BCUT2D eigenvalue weighted by atomic mass is 10.1. The Balaban J connectivity index is 0.000000220. The van der Waals surface area contributed by atoms with Gasteiger partial charge in [0.15, 0.2) is 0 Å². The highest BCUT2D eigenvalue weighted by Crippen LogP contribution is 2.06. The van der Waals surface area contributed by atoms with E-state index >= 15 is 0 Å². The second kappa shape index (κ2) is 9.38. The van der Waals surface area contributed by atoms with Gasteiger partial charge in [0.2, 0.25) is 0 Å². The van der Waals surface area contributed by atoms with Gasteiger partial charge in [0.25, 0.3) is 0 Å². The van der Waals surface area contributed by atoms with E-state index in [1.54, 1.807) is 0 Å². The minimum atomic E-state index is 0.0467. The number of aromatic nitrogens is 4. The van der Waals surface area contributed by atoms with E-state index in [4.69, 9.17) is 10.2 Å². The molecule has 124 valence electrons. The Bertz CT molecular complexity index is 483. The Labute approximate surface area is 132 Å². The highest BCUT2D eigenvalue weighted by molar-refractivity contribution is 5.08. The van der Waals surface area contributed by atoms with Gasteiger partial charge in [-0.15, -0.1) is 0 Å². The third-order valence-electron chi connectivity index (χ3n) is 2.94. The summed E-state index contributed by atoms with van der Waals surface area (Å²) in [4.78, 5) is 0. The fourth-order valence-corrected chi connectivity index (χ4v) is 2.03. The minimum absolute atomic E-state index is 0.0467. The summed E-state index contributed by atoms with van der Waals surface area (Å²) in [5.74, 6) is 1.23. The normalized spacial score (nSPS) is 10.9. The fourth-order valence-electron chi connectivity index (χ4n) is 2.03. The smallest absolute Gasteiger partial charge is 0.0847 e. The number of hydrogen-bond donors (Lipinski definition) is 4. The van der Waals surface area contributed by atoms with Crippen LogP contribution in [0, 0.1) is 11.8 Å². The van der Waals surface area contributed by atoms with Crippen LogP contribution in [-0.4, -0.2) is 30.6 Å². The van der Waals surface area contributed by atoms with E-state index in [0.717, 1.165) is 35.6 Å². The number of aromatic amines is 2. The van der Waals surface area contributed by atoms with Crippen LogP contribution in [0.5, 0.6) is 0 Å². The van der Waals surface area contributed by atoms with Gasteiger partial charge in [-0.05, 0) is 36.8 Å². The van der Waals surface area contributed by atoms with Crippen LogP contribution in [0.1, 0.15) is 50.5 Å². The molecule has 0 fully saturated rings. The third-order valence-corrected chi connectivity index (χ3v) is 2.94. The zero-order valence-electron chi connectivity index (χ0n) is 13.9. The van der Waals surface area contributed by atoms with Crippen molar-refractivity contribution in [2.24, 2.45) is 11.8 Å². The summed E-state index contributed by atoms with van der Waals surface area (Å²) in [7, 11) is 0. The lowest BCUT2D eigenvalue weighted by Crippen LogP contribution is -1.93. The molecule has 2 aromatic rings. The molecular formula is C16H28N4O2. The number of rotatable bonds is 6. The molecule has 0 saturated heterocycles. The van der Waals surface area contributed by atoms with Gasteiger partial charge in [0.1, 0.15) is 0 Å². The van der Waals surface area contributed by atoms with Crippen LogP contribution >= 0.6 is 0 Å². The third kappa shape index (κ3) is 6.87. The Morgan fingerprint density at radius 3 is 1.41 bits per heavy atom. The van der Waals surface area contributed by atoms with Gasteiger partial charge in [0, 0.05) is 0 Å². The van der Waals surface area contributed by atoms with Gasteiger partial charge >= 0.3 is 0 Å². The molecule has 2 aromatic heterocycles. The van der Waals surface area contributed by atoms with Crippen molar-refractivity contribution in [2.75, 3.05) is 0 Å². The van der Waals surface area contributed by atoms with Crippen LogP contribution in [0.2, 0.25) is 0 Å². The maximum absolute atomic E-state index is 8.71. The molecule has 2 heterocycles. The van der Waals surface area contributed by atoms with Crippen LogP contribution in [0.15, 0.2) is 12.1 Å². The first-order valence-electron chi connectivity index (χ1n) is 7.72. The summed E-state index contributed by atoms with van der Waals surface area (Å²) in [6, 6.07) is 3.81. The first-order valence-corrected chi connectivity index (χ1v) is 7.72. The van der Waals surface area contributed by atoms with Crippen molar-refractivity contribution in [3.63, 3.8) is 0 Å². The van der Waals surface area contributed by atoms with Crippen molar-refractivity contribution < 1.29 is 10.2 Å². The number of nitrogens with one attached hydrogen (secondary N) is 2. The molecule has 6 heteroatoms. The maximum Gasteiger partial charge on any atom is 0.0847 e. The molecule has 2 rings (SSSR count). The fraction of sp³-hybridized carbons (Fsp3) is 0.625. The van der Waals surface area contributed by atoms with E-state index < -0.39 is 0 Å². The highest BCUT2D eigenvalue weighted by Gasteiger charge is 2.02. The van der Waals surface area contributed by atoms with Crippen molar-refractivity contribution in [1.29, 1.82) is 0 Å². The maximum atomic E-state index is 8.71. The van der Waals surface area contributed by atoms with Gasteiger partial charge in [0.05, 0.1) is 36.0 Å². The van der Waals surface area contributed by atoms with E-state index in [-0.39, 0.29) is 13.2 Å². The van der Waals surface area contributed by atoms with Crippen molar-refractivity contribution in [1.82, 2.24) is 20.4 Å². The van der Waals surface area contributed by atoms with Gasteiger partial charge in [-0.2, -0.15) is 10.2 Å². The number of nitrogens with zero attached hydrogens (tertiary/aromatic N) is 2. The predicted octanol–water partition coefficient (Wildman–Crippen LogP) is 2.20. The molecule has 22 heavy (non-hydrogen) atoms. The molecule has 0 aromatic carbocycles. The standard InChI is InChI=1S/2C8H14N2O/c2*1-6(2)3-7-4-8(5-11)10-9-7/h2*4,6,11H,3,5H2,1-2H3,(H,9,10). The van der Waals surface area contributed by atoms with Crippen LogP contribution in [-0.2, 0) is 26.1 Å². The molecule has 0 aliphatic heterocycles. The Kier molecular flexibility index (Phi) is 7.84. The Morgan fingerprint density at radius 1 is 0.818 bits per heavy atom. The molecule has 0 amide bonds. The molecule has 0 atom stereocenters. The van der Waals surface area contributed by atoms with E-state index in [9.17, 15) is 0 Å².